The number of carbonyl (C=O) groups excluding carboxylic acids is 1. The molecule has 176 valence electrons. The molecule has 2 atom stereocenters. The molecule has 2 saturated heterocycles. The normalized spacial score (nSPS) is 19.4. The van der Waals surface area contributed by atoms with Crippen molar-refractivity contribution in [3.63, 3.8) is 0 Å². The molecule has 7 nitrogen and oxygen atoms in total. The highest BCUT2D eigenvalue weighted by molar-refractivity contribution is 6.35. The van der Waals surface area contributed by atoms with Crippen molar-refractivity contribution >= 4 is 45.7 Å². The largest absolute Gasteiger partial charge is 0.368 e. The summed E-state index contributed by atoms with van der Waals surface area (Å²) in [6.45, 7) is 5.87. The second-order valence-electron chi connectivity index (χ2n) is 8.91. The van der Waals surface area contributed by atoms with Crippen LogP contribution < -0.4 is 10.2 Å². The third-order valence-corrected chi connectivity index (χ3v) is 7.45. The molecule has 2 aromatic carbocycles. The number of nitriles is 1. The van der Waals surface area contributed by atoms with Gasteiger partial charge in [0.15, 0.2) is 5.69 Å². The molecule has 0 spiro atoms. The number of fused-ring (bicyclic) bond motifs is 1. The predicted molar refractivity (Wildman–Crippen MR) is 135 cm³/mol. The quantitative estimate of drug-likeness (QED) is 0.584. The lowest BCUT2D eigenvalue weighted by molar-refractivity contribution is -0.133. The lowest BCUT2D eigenvalue weighted by Gasteiger charge is -2.37. The Hall–Kier alpha value is -2.79. The summed E-state index contributed by atoms with van der Waals surface area (Å²) >= 11 is 12.5. The number of hydrogen-bond donors (Lipinski definition) is 1. The summed E-state index contributed by atoms with van der Waals surface area (Å²) in [7, 11) is 0. The number of hydrogen-bond acceptors (Lipinski definition) is 5. The number of amides is 1. The van der Waals surface area contributed by atoms with Crippen LogP contribution in [0.25, 0.3) is 10.9 Å². The molecular weight excluding hydrogens is 471 g/mol. The average Bonchev–Trinajstić information content (AvgIpc) is 3.51. The van der Waals surface area contributed by atoms with Crippen molar-refractivity contribution in [1.82, 2.24) is 20.0 Å². The highest BCUT2D eigenvalue weighted by atomic mass is 35.5. The van der Waals surface area contributed by atoms with E-state index in [0.717, 1.165) is 54.6 Å². The Balaban J connectivity index is 1.41. The topological polar surface area (TPSA) is 77.2 Å². The number of benzene rings is 2. The van der Waals surface area contributed by atoms with Gasteiger partial charge in [0, 0.05) is 47.3 Å². The lowest BCUT2D eigenvalue weighted by Crippen LogP contribution is -2.53. The summed E-state index contributed by atoms with van der Waals surface area (Å²) in [6.07, 6.45) is 1.99. The molecule has 5 rings (SSSR count). The number of carbonyl (C=O) groups is 1. The van der Waals surface area contributed by atoms with Crippen LogP contribution in [0.3, 0.4) is 0 Å². The molecule has 3 aromatic rings. The van der Waals surface area contributed by atoms with E-state index >= 15 is 0 Å². The molecule has 34 heavy (non-hydrogen) atoms. The van der Waals surface area contributed by atoms with Gasteiger partial charge in [-0.25, -0.2) is 0 Å². The molecule has 1 amide bonds. The number of nitrogens with one attached hydrogen (secondary N) is 1. The third kappa shape index (κ3) is 4.22. The van der Waals surface area contributed by atoms with E-state index in [1.54, 1.807) is 6.07 Å². The van der Waals surface area contributed by atoms with Gasteiger partial charge in [0.1, 0.15) is 6.07 Å². The highest BCUT2D eigenvalue weighted by Crippen LogP contribution is 2.33. The van der Waals surface area contributed by atoms with Crippen molar-refractivity contribution in [2.45, 2.75) is 31.8 Å². The molecule has 2 aliphatic rings. The van der Waals surface area contributed by atoms with Crippen molar-refractivity contribution in [2.75, 3.05) is 37.6 Å². The maximum absolute atomic E-state index is 12.7. The van der Waals surface area contributed by atoms with E-state index in [0.29, 0.717) is 28.8 Å². The first-order valence-corrected chi connectivity index (χ1v) is 12.4. The Morgan fingerprint density at radius 2 is 1.97 bits per heavy atom. The Bertz CT molecular complexity index is 1270. The van der Waals surface area contributed by atoms with Crippen LogP contribution in [0, 0.1) is 11.3 Å². The van der Waals surface area contributed by atoms with E-state index in [1.807, 2.05) is 40.8 Å². The van der Waals surface area contributed by atoms with Crippen LogP contribution in [0.5, 0.6) is 0 Å². The van der Waals surface area contributed by atoms with E-state index in [-0.39, 0.29) is 18.0 Å². The predicted octanol–water partition coefficient (Wildman–Crippen LogP) is 4.22. The van der Waals surface area contributed by atoms with Crippen molar-refractivity contribution in [3.05, 3.63) is 57.7 Å². The zero-order chi connectivity index (χ0) is 23.8. The van der Waals surface area contributed by atoms with Gasteiger partial charge in [-0.3, -0.25) is 9.48 Å². The monoisotopic (exact) mass is 496 g/mol. The van der Waals surface area contributed by atoms with Crippen LogP contribution in [0.4, 0.5) is 5.69 Å². The van der Waals surface area contributed by atoms with Gasteiger partial charge in [0.2, 0.25) is 5.91 Å². The summed E-state index contributed by atoms with van der Waals surface area (Å²) in [5.74, 6) is 0.220. The second kappa shape index (κ2) is 9.46. The zero-order valence-corrected chi connectivity index (χ0v) is 20.5. The average molecular weight is 497 g/mol. The summed E-state index contributed by atoms with van der Waals surface area (Å²) < 4.78 is 1.86. The molecule has 3 heterocycles. The van der Waals surface area contributed by atoms with E-state index in [9.17, 15) is 10.1 Å². The number of aromatic nitrogens is 2. The standard InChI is InChI=1S/C25H26Cl2N6O/c1-16(19-6-4-17(26)13-21(19)27)33-24-14-18(5-7-20(24)23(15-28)30-33)31-9-11-32(12-10-31)25(34)22-3-2-8-29-22/h4-7,13-14,16,22,29H,2-3,8-12H2,1H3/t16-,22-/m1/s1. The van der Waals surface area contributed by atoms with Crippen molar-refractivity contribution in [1.29, 1.82) is 5.26 Å². The first-order chi connectivity index (χ1) is 16.5. The summed E-state index contributed by atoms with van der Waals surface area (Å²) in [5.41, 5.74) is 3.20. The fraction of sp³-hybridized carbons (Fsp3) is 0.400. The van der Waals surface area contributed by atoms with E-state index in [2.05, 4.69) is 27.5 Å². The van der Waals surface area contributed by atoms with E-state index in [4.69, 9.17) is 23.2 Å². The van der Waals surface area contributed by atoms with Crippen molar-refractivity contribution < 1.29 is 4.79 Å². The lowest BCUT2D eigenvalue weighted by atomic mass is 10.1. The molecule has 1 N–H and O–H groups in total. The number of anilines is 1. The van der Waals surface area contributed by atoms with Gasteiger partial charge >= 0.3 is 0 Å². The number of rotatable bonds is 4. The third-order valence-electron chi connectivity index (χ3n) is 6.89. The van der Waals surface area contributed by atoms with Crippen LogP contribution in [0.2, 0.25) is 10.0 Å². The maximum Gasteiger partial charge on any atom is 0.239 e. The van der Waals surface area contributed by atoms with E-state index < -0.39 is 0 Å². The van der Waals surface area contributed by atoms with Crippen molar-refractivity contribution in [2.24, 2.45) is 0 Å². The SMILES string of the molecule is C[C@H](c1ccc(Cl)cc1Cl)n1nc(C#N)c2ccc(N3CCN(C(=O)[C@H]4CCCN4)CC3)cc21. The first kappa shape index (κ1) is 23.0. The van der Waals surface area contributed by atoms with Gasteiger partial charge in [-0.15, -0.1) is 0 Å². The van der Waals surface area contributed by atoms with Crippen LogP contribution in [-0.2, 0) is 4.79 Å². The summed E-state index contributed by atoms with van der Waals surface area (Å²) in [6, 6.07) is 13.5. The van der Waals surface area contributed by atoms with E-state index in [1.165, 1.54) is 0 Å². The molecule has 0 radical (unpaired) electrons. The molecule has 1 aromatic heterocycles. The Kier molecular flexibility index (Phi) is 6.39. The van der Waals surface area contributed by atoms with Crippen LogP contribution in [0.15, 0.2) is 36.4 Å². The summed E-state index contributed by atoms with van der Waals surface area (Å²) in [4.78, 5) is 17.0. The minimum Gasteiger partial charge on any atom is -0.368 e. The van der Waals surface area contributed by atoms with Crippen molar-refractivity contribution in [3.8, 4) is 6.07 Å². The van der Waals surface area contributed by atoms with Gasteiger partial charge < -0.3 is 15.1 Å². The summed E-state index contributed by atoms with van der Waals surface area (Å²) in [5, 5.41) is 19.5. The smallest absolute Gasteiger partial charge is 0.239 e. The molecule has 0 saturated carbocycles. The fourth-order valence-corrected chi connectivity index (χ4v) is 5.54. The molecule has 9 heteroatoms. The fourth-order valence-electron chi connectivity index (χ4n) is 4.97. The Labute approximate surface area is 208 Å². The number of nitrogens with zero attached hydrogens (tertiary/aromatic N) is 5. The minimum atomic E-state index is -0.182. The number of halogens is 2. The Morgan fingerprint density at radius 3 is 2.65 bits per heavy atom. The van der Waals surface area contributed by atoms with Crippen LogP contribution >= 0.6 is 23.2 Å². The Morgan fingerprint density at radius 1 is 1.18 bits per heavy atom. The molecule has 2 aliphatic heterocycles. The van der Waals surface area contributed by atoms with Crippen LogP contribution in [0.1, 0.15) is 37.1 Å². The highest BCUT2D eigenvalue weighted by Gasteiger charge is 2.29. The zero-order valence-electron chi connectivity index (χ0n) is 19.0. The molecular formula is C25H26Cl2N6O. The van der Waals surface area contributed by atoms with Gasteiger partial charge in [-0.2, -0.15) is 10.4 Å². The first-order valence-electron chi connectivity index (χ1n) is 11.6. The molecule has 0 aliphatic carbocycles. The minimum absolute atomic E-state index is 0.0252. The number of piperazine rings is 1. The maximum atomic E-state index is 12.7. The van der Waals surface area contributed by atoms with Gasteiger partial charge in [-0.1, -0.05) is 29.3 Å². The molecule has 0 unspecified atom stereocenters. The molecule has 2 fully saturated rings. The second-order valence-corrected chi connectivity index (χ2v) is 9.75. The van der Waals surface area contributed by atoms with Gasteiger partial charge in [0.25, 0.3) is 0 Å². The van der Waals surface area contributed by atoms with Crippen LogP contribution in [-0.4, -0.2) is 59.4 Å². The van der Waals surface area contributed by atoms with Gasteiger partial charge in [-0.05, 0) is 62.2 Å². The van der Waals surface area contributed by atoms with Gasteiger partial charge in [0.05, 0.1) is 17.6 Å². The molecule has 0 bridgehead atoms.